The summed E-state index contributed by atoms with van der Waals surface area (Å²) in [5, 5.41) is 14.4. The van der Waals surface area contributed by atoms with Crippen molar-refractivity contribution >= 4 is 5.69 Å². The lowest BCUT2D eigenvalue weighted by molar-refractivity contribution is 0.511. The van der Waals surface area contributed by atoms with E-state index in [9.17, 15) is 0 Å². The monoisotopic (exact) mass is 242 g/mol. The minimum atomic E-state index is 0.555. The number of para-hydroxylation sites is 2. The summed E-state index contributed by atoms with van der Waals surface area (Å²) in [6, 6.07) is 7.75. The summed E-state index contributed by atoms with van der Waals surface area (Å²) in [4.78, 5) is 3.86. The summed E-state index contributed by atoms with van der Waals surface area (Å²) < 4.78 is 6.76. The van der Waals surface area contributed by atoms with Crippen molar-refractivity contribution in [2.75, 3.05) is 5.32 Å². The zero-order valence-electron chi connectivity index (χ0n) is 9.39. The summed E-state index contributed by atoms with van der Waals surface area (Å²) in [5.74, 6) is 0.765. The van der Waals surface area contributed by atoms with Crippen molar-refractivity contribution in [1.29, 1.82) is 0 Å². The average molecular weight is 242 g/mol. The maximum Gasteiger partial charge on any atom is 0.180 e. The van der Waals surface area contributed by atoms with Gasteiger partial charge in [0.05, 0.1) is 24.1 Å². The van der Waals surface area contributed by atoms with Gasteiger partial charge in [0.25, 0.3) is 0 Å². The molecule has 1 aromatic carbocycles. The van der Waals surface area contributed by atoms with Crippen molar-refractivity contribution in [1.82, 2.24) is 25.2 Å². The maximum atomic E-state index is 5.17. The molecule has 3 rings (SSSR count). The molecule has 0 aliphatic carbocycles. The summed E-state index contributed by atoms with van der Waals surface area (Å²) in [6.07, 6.45) is 4.63. The molecule has 0 aliphatic heterocycles. The summed E-state index contributed by atoms with van der Waals surface area (Å²) in [6.45, 7) is 0.555. The zero-order chi connectivity index (χ0) is 12.2. The number of aromatic nitrogens is 5. The highest BCUT2D eigenvalue weighted by Crippen LogP contribution is 2.19. The molecule has 18 heavy (non-hydrogen) atoms. The van der Waals surface area contributed by atoms with Gasteiger partial charge in [-0.3, -0.25) is 0 Å². The molecule has 0 saturated carbocycles. The largest absolute Gasteiger partial charge is 0.447 e. The fourth-order valence-electron chi connectivity index (χ4n) is 1.61. The Morgan fingerprint density at radius 3 is 3.00 bits per heavy atom. The van der Waals surface area contributed by atoms with E-state index in [4.69, 9.17) is 4.42 Å². The van der Waals surface area contributed by atoms with Crippen molar-refractivity contribution in [3.8, 4) is 5.69 Å². The predicted molar refractivity (Wildman–Crippen MR) is 63.0 cm³/mol. The molecule has 7 nitrogen and oxygen atoms in total. The average Bonchev–Trinajstić information content (AvgIpc) is 3.10. The molecule has 0 atom stereocenters. The van der Waals surface area contributed by atoms with Gasteiger partial charge in [0.15, 0.2) is 6.39 Å². The van der Waals surface area contributed by atoms with E-state index in [1.54, 1.807) is 17.2 Å². The van der Waals surface area contributed by atoms with Crippen LogP contribution in [0, 0.1) is 0 Å². The molecule has 0 amide bonds. The minimum Gasteiger partial charge on any atom is -0.447 e. The molecule has 2 heterocycles. The van der Waals surface area contributed by atoms with Crippen LogP contribution in [-0.2, 0) is 6.54 Å². The number of hydrogen-bond donors (Lipinski definition) is 1. The smallest absolute Gasteiger partial charge is 0.180 e. The van der Waals surface area contributed by atoms with E-state index in [2.05, 4.69) is 25.8 Å². The lowest BCUT2D eigenvalue weighted by atomic mass is 10.2. The van der Waals surface area contributed by atoms with Gasteiger partial charge < -0.3 is 9.73 Å². The molecular formula is C11H10N6O. The van der Waals surface area contributed by atoms with Gasteiger partial charge in [0.2, 0.25) is 0 Å². The van der Waals surface area contributed by atoms with Crippen LogP contribution in [0.2, 0.25) is 0 Å². The van der Waals surface area contributed by atoms with Crippen molar-refractivity contribution < 1.29 is 4.42 Å². The number of benzene rings is 1. The molecule has 0 fully saturated rings. The highest BCUT2D eigenvalue weighted by atomic mass is 16.3. The molecule has 0 saturated heterocycles. The Morgan fingerprint density at radius 2 is 2.22 bits per heavy atom. The zero-order valence-corrected chi connectivity index (χ0v) is 9.39. The van der Waals surface area contributed by atoms with E-state index in [1.165, 1.54) is 6.39 Å². The number of nitrogens with one attached hydrogen (secondary N) is 1. The number of rotatable bonds is 4. The molecule has 2 aromatic heterocycles. The van der Waals surface area contributed by atoms with Crippen LogP contribution in [-0.4, -0.2) is 25.2 Å². The standard InChI is InChI=1S/C11H10N6O/c1-2-4-11(17-7-14-15-16-17)10(3-1)13-6-9-5-12-8-18-9/h1-5,7-8,13H,6H2. The van der Waals surface area contributed by atoms with E-state index in [0.717, 1.165) is 17.1 Å². The molecule has 1 N–H and O–H groups in total. The van der Waals surface area contributed by atoms with Crippen LogP contribution in [0.4, 0.5) is 5.69 Å². The van der Waals surface area contributed by atoms with Crippen molar-refractivity contribution in [3.05, 3.63) is 48.9 Å². The highest BCUT2D eigenvalue weighted by Gasteiger charge is 2.05. The Hall–Kier alpha value is -2.70. The fraction of sp³-hybridized carbons (Fsp3) is 0.0909. The Morgan fingerprint density at radius 1 is 1.28 bits per heavy atom. The molecular weight excluding hydrogens is 232 g/mol. The molecule has 0 spiro atoms. The van der Waals surface area contributed by atoms with E-state index in [1.807, 2.05) is 24.3 Å². The first-order chi connectivity index (χ1) is 8.93. The molecule has 0 unspecified atom stereocenters. The van der Waals surface area contributed by atoms with Gasteiger partial charge in [0.1, 0.15) is 12.1 Å². The van der Waals surface area contributed by atoms with E-state index in [-0.39, 0.29) is 0 Å². The fourth-order valence-corrected chi connectivity index (χ4v) is 1.61. The van der Waals surface area contributed by atoms with Crippen molar-refractivity contribution in [2.24, 2.45) is 0 Å². The lowest BCUT2D eigenvalue weighted by Gasteiger charge is -2.09. The SMILES string of the molecule is c1ccc(-n2cnnn2)c(NCc2cnco2)c1. The van der Waals surface area contributed by atoms with E-state index in [0.29, 0.717) is 6.54 Å². The first-order valence-electron chi connectivity index (χ1n) is 5.37. The number of anilines is 1. The van der Waals surface area contributed by atoms with Crippen LogP contribution in [0.25, 0.3) is 5.69 Å². The van der Waals surface area contributed by atoms with Gasteiger partial charge >= 0.3 is 0 Å². The molecule has 3 aromatic rings. The Bertz CT molecular complexity index is 604. The third-order valence-corrected chi connectivity index (χ3v) is 2.44. The van der Waals surface area contributed by atoms with Gasteiger partial charge in [-0.2, -0.15) is 4.68 Å². The Kier molecular flexibility index (Phi) is 2.71. The van der Waals surface area contributed by atoms with E-state index < -0.39 is 0 Å². The van der Waals surface area contributed by atoms with Gasteiger partial charge in [-0.15, -0.1) is 5.10 Å². The molecule has 0 aliphatic rings. The van der Waals surface area contributed by atoms with Gasteiger partial charge in [-0.25, -0.2) is 4.98 Å². The van der Waals surface area contributed by atoms with Gasteiger partial charge in [-0.1, -0.05) is 12.1 Å². The summed E-state index contributed by atoms with van der Waals surface area (Å²) in [5.41, 5.74) is 1.79. The quantitative estimate of drug-likeness (QED) is 0.741. The second kappa shape index (κ2) is 4.66. The van der Waals surface area contributed by atoms with Gasteiger partial charge in [-0.05, 0) is 22.6 Å². The first-order valence-corrected chi connectivity index (χ1v) is 5.37. The lowest BCUT2D eigenvalue weighted by Crippen LogP contribution is -2.04. The van der Waals surface area contributed by atoms with E-state index >= 15 is 0 Å². The highest BCUT2D eigenvalue weighted by molar-refractivity contribution is 5.60. The summed E-state index contributed by atoms with van der Waals surface area (Å²) in [7, 11) is 0. The van der Waals surface area contributed by atoms with Gasteiger partial charge in [0, 0.05) is 0 Å². The van der Waals surface area contributed by atoms with Crippen LogP contribution >= 0.6 is 0 Å². The Balaban J connectivity index is 1.84. The summed E-state index contributed by atoms with van der Waals surface area (Å²) >= 11 is 0. The topological polar surface area (TPSA) is 81.7 Å². The predicted octanol–water partition coefficient (Wildman–Crippen LogP) is 1.26. The van der Waals surface area contributed by atoms with Crippen LogP contribution in [0.1, 0.15) is 5.76 Å². The third kappa shape index (κ3) is 2.05. The number of tetrazole rings is 1. The van der Waals surface area contributed by atoms with Crippen molar-refractivity contribution in [2.45, 2.75) is 6.54 Å². The molecule has 7 heteroatoms. The van der Waals surface area contributed by atoms with Crippen molar-refractivity contribution in [3.63, 3.8) is 0 Å². The first kappa shape index (κ1) is 10.5. The second-order valence-corrected chi connectivity index (χ2v) is 3.59. The Labute approximate surface area is 102 Å². The number of nitrogens with zero attached hydrogens (tertiary/aromatic N) is 5. The maximum absolute atomic E-state index is 5.17. The van der Waals surface area contributed by atoms with Crippen LogP contribution in [0.15, 0.2) is 47.6 Å². The van der Waals surface area contributed by atoms with Crippen LogP contribution < -0.4 is 5.32 Å². The third-order valence-electron chi connectivity index (χ3n) is 2.44. The minimum absolute atomic E-state index is 0.555. The van der Waals surface area contributed by atoms with Crippen LogP contribution in [0.5, 0.6) is 0 Å². The van der Waals surface area contributed by atoms with Crippen LogP contribution in [0.3, 0.4) is 0 Å². The number of oxazole rings is 1. The molecule has 90 valence electrons. The second-order valence-electron chi connectivity index (χ2n) is 3.59. The normalized spacial score (nSPS) is 10.4. The number of hydrogen-bond acceptors (Lipinski definition) is 6. The molecule has 0 bridgehead atoms. The molecule has 0 radical (unpaired) electrons.